The summed E-state index contributed by atoms with van der Waals surface area (Å²) in [6.07, 6.45) is 0. The van der Waals surface area contributed by atoms with E-state index >= 15 is 0 Å². The molecule has 2 rings (SSSR count). The van der Waals surface area contributed by atoms with Gasteiger partial charge in [0.25, 0.3) is 0 Å². The third kappa shape index (κ3) is 2.70. The van der Waals surface area contributed by atoms with Crippen LogP contribution >= 0.6 is 0 Å². The molecule has 2 aromatic carbocycles. The van der Waals surface area contributed by atoms with Crippen LogP contribution < -0.4 is 16.8 Å². The number of nitrogen functional groups attached to an aromatic ring is 2. The van der Waals surface area contributed by atoms with E-state index in [1.165, 1.54) is 0 Å². The quantitative estimate of drug-likeness (QED) is 0.644. The van der Waals surface area contributed by atoms with E-state index in [0.29, 0.717) is 12.2 Å². The first-order valence-corrected chi connectivity index (χ1v) is 6.65. The molecule has 0 heterocycles. The maximum atomic E-state index is 8.97. The Kier molecular flexibility index (Phi) is 4.15. The number of nitrogens with one attached hydrogen (secondary N) is 1. The summed E-state index contributed by atoms with van der Waals surface area (Å²) >= 11 is 0. The van der Waals surface area contributed by atoms with Crippen LogP contribution in [-0.2, 0) is 0 Å². The molecule has 0 spiro atoms. The number of anilines is 3. The van der Waals surface area contributed by atoms with E-state index in [9.17, 15) is 0 Å². The summed E-state index contributed by atoms with van der Waals surface area (Å²) in [5.41, 5.74) is 18.6. The van der Waals surface area contributed by atoms with Gasteiger partial charge in [0.05, 0.1) is 6.61 Å². The van der Waals surface area contributed by atoms with Gasteiger partial charge < -0.3 is 21.9 Å². The van der Waals surface area contributed by atoms with Gasteiger partial charge in [-0.05, 0) is 48.7 Å². The Morgan fingerprint density at radius 3 is 2.50 bits per heavy atom. The van der Waals surface area contributed by atoms with Crippen LogP contribution in [0.5, 0.6) is 0 Å². The molecule has 0 amide bonds. The molecule has 0 aliphatic heterocycles. The number of nitrogens with two attached hydrogens (primary N) is 2. The molecule has 0 aliphatic carbocycles. The smallest absolute Gasteiger partial charge is 0.0604 e. The lowest BCUT2D eigenvalue weighted by Crippen LogP contribution is -2.07. The zero-order valence-corrected chi connectivity index (χ0v) is 11.9. The van der Waals surface area contributed by atoms with Crippen molar-refractivity contribution in [3.8, 4) is 11.1 Å². The summed E-state index contributed by atoms with van der Waals surface area (Å²) in [5.74, 6) is 0. The number of aliphatic hydroxyl groups excluding tert-OH is 1. The van der Waals surface area contributed by atoms with Crippen LogP contribution in [0.2, 0.25) is 0 Å². The number of hydrogen-bond donors (Lipinski definition) is 4. The Morgan fingerprint density at radius 2 is 1.80 bits per heavy atom. The molecule has 0 atom stereocenters. The molecular weight excluding hydrogens is 250 g/mol. The first kappa shape index (κ1) is 14.2. The van der Waals surface area contributed by atoms with E-state index in [1.807, 2.05) is 38.1 Å². The van der Waals surface area contributed by atoms with Gasteiger partial charge in [-0.1, -0.05) is 12.1 Å². The molecule has 0 saturated heterocycles. The van der Waals surface area contributed by atoms with E-state index in [1.54, 1.807) is 0 Å². The second kappa shape index (κ2) is 5.84. The minimum atomic E-state index is 0.0822. The third-order valence-electron chi connectivity index (χ3n) is 3.49. The summed E-state index contributed by atoms with van der Waals surface area (Å²) < 4.78 is 0. The molecule has 0 aliphatic rings. The highest BCUT2D eigenvalue weighted by atomic mass is 16.3. The van der Waals surface area contributed by atoms with Crippen LogP contribution in [-0.4, -0.2) is 18.3 Å². The van der Waals surface area contributed by atoms with E-state index in [-0.39, 0.29) is 6.61 Å². The number of aliphatic hydroxyl groups is 1. The predicted octanol–water partition coefficient (Wildman–Crippen LogP) is 2.54. The molecule has 20 heavy (non-hydrogen) atoms. The SMILES string of the molecule is Cc1ccc(-c2cc(N)ccc2NCCO)c(C)c1N. The third-order valence-corrected chi connectivity index (χ3v) is 3.49. The van der Waals surface area contributed by atoms with Crippen molar-refractivity contribution in [2.45, 2.75) is 13.8 Å². The normalized spacial score (nSPS) is 10.6. The predicted molar refractivity (Wildman–Crippen MR) is 85.8 cm³/mol. The lowest BCUT2D eigenvalue weighted by molar-refractivity contribution is 0.311. The fraction of sp³-hybridized carbons (Fsp3) is 0.250. The highest BCUT2D eigenvalue weighted by Gasteiger charge is 2.11. The summed E-state index contributed by atoms with van der Waals surface area (Å²) in [6.45, 7) is 4.59. The molecule has 0 radical (unpaired) electrons. The van der Waals surface area contributed by atoms with Gasteiger partial charge >= 0.3 is 0 Å². The first-order valence-electron chi connectivity index (χ1n) is 6.65. The van der Waals surface area contributed by atoms with Crippen molar-refractivity contribution in [2.24, 2.45) is 0 Å². The van der Waals surface area contributed by atoms with Crippen molar-refractivity contribution in [1.29, 1.82) is 0 Å². The second-order valence-electron chi connectivity index (χ2n) is 4.92. The lowest BCUT2D eigenvalue weighted by Gasteiger charge is -2.16. The van der Waals surface area contributed by atoms with E-state index in [2.05, 4.69) is 11.4 Å². The van der Waals surface area contributed by atoms with Crippen LogP contribution in [0.4, 0.5) is 17.1 Å². The summed E-state index contributed by atoms with van der Waals surface area (Å²) in [5, 5.41) is 12.2. The molecule has 6 N–H and O–H groups in total. The van der Waals surface area contributed by atoms with Crippen LogP contribution in [0.1, 0.15) is 11.1 Å². The minimum Gasteiger partial charge on any atom is -0.399 e. The van der Waals surface area contributed by atoms with E-state index in [4.69, 9.17) is 16.6 Å². The molecular formula is C16H21N3O. The van der Waals surface area contributed by atoms with Crippen molar-refractivity contribution in [1.82, 2.24) is 0 Å². The molecule has 4 nitrogen and oxygen atoms in total. The van der Waals surface area contributed by atoms with E-state index < -0.39 is 0 Å². The van der Waals surface area contributed by atoms with Gasteiger partial charge in [0.1, 0.15) is 0 Å². The Hall–Kier alpha value is -2.20. The van der Waals surface area contributed by atoms with Gasteiger partial charge in [0.15, 0.2) is 0 Å². The van der Waals surface area contributed by atoms with Crippen LogP contribution in [0.25, 0.3) is 11.1 Å². The molecule has 0 saturated carbocycles. The number of rotatable bonds is 4. The van der Waals surface area contributed by atoms with Crippen molar-refractivity contribution in [3.05, 3.63) is 41.5 Å². The van der Waals surface area contributed by atoms with Gasteiger partial charge in [-0.3, -0.25) is 0 Å². The van der Waals surface area contributed by atoms with Gasteiger partial charge in [0.2, 0.25) is 0 Å². The monoisotopic (exact) mass is 271 g/mol. The van der Waals surface area contributed by atoms with Gasteiger partial charge in [0, 0.05) is 29.2 Å². The molecule has 106 valence electrons. The molecule has 0 fully saturated rings. The number of benzene rings is 2. The average molecular weight is 271 g/mol. The number of aryl methyl sites for hydroxylation is 1. The fourth-order valence-electron chi connectivity index (χ4n) is 2.29. The Morgan fingerprint density at radius 1 is 1.05 bits per heavy atom. The zero-order chi connectivity index (χ0) is 14.7. The van der Waals surface area contributed by atoms with Crippen LogP contribution in [0.15, 0.2) is 30.3 Å². The summed E-state index contributed by atoms with van der Waals surface area (Å²) in [4.78, 5) is 0. The Labute approximate surface area is 119 Å². The molecule has 4 heteroatoms. The maximum Gasteiger partial charge on any atom is 0.0604 e. The van der Waals surface area contributed by atoms with Crippen molar-refractivity contribution in [2.75, 3.05) is 29.9 Å². The molecule has 0 unspecified atom stereocenters. The lowest BCUT2D eigenvalue weighted by atomic mass is 9.95. The maximum absolute atomic E-state index is 8.97. The standard InChI is InChI=1S/C16H21N3O/c1-10-3-5-13(11(2)16(10)18)14-9-12(17)4-6-15(14)19-7-8-20/h3-6,9,19-20H,7-8,17-18H2,1-2H3. The first-order chi connectivity index (χ1) is 9.54. The minimum absolute atomic E-state index is 0.0822. The van der Waals surface area contributed by atoms with Gasteiger partial charge in [-0.2, -0.15) is 0 Å². The zero-order valence-electron chi connectivity index (χ0n) is 11.9. The largest absolute Gasteiger partial charge is 0.399 e. The van der Waals surface area contributed by atoms with E-state index in [0.717, 1.165) is 33.6 Å². The molecule has 0 bridgehead atoms. The topological polar surface area (TPSA) is 84.3 Å². The summed E-state index contributed by atoms with van der Waals surface area (Å²) in [6, 6.07) is 9.76. The van der Waals surface area contributed by atoms with Crippen LogP contribution in [0, 0.1) is 13.8 Å². The van der Waals surface area contributed by atoms with Crippen LogP contribution in [0.3, 0.4) is 0 Å². The van der Waals surface area contributed by atoms with Gasteiger partial charge in [-0.15, -0.1) is 0 Å². The molecule has 2 aromatic rings. The summed E-state index contributed by atoms with van der Waals surface area (Å²) in [7, 11) is 0. The number of hydrogen-bond acceptors (Lipinski definition) is 4. The molecule has 0 aromatic heterocycles. The highest BCUT2D eigenvalue weighted by molar-refractivity contribution is 5.85. The fourth-order valence-corrected chi connectivity index (χ4v) is 2.29. The Bertz CT molecular complexity index is 623. The second-order valence-corrected chi connectivity index (χ2v) is 4.92. The van der Waals surface area contributed by atoms with Crippen molar-refractivity contribution in [3.63, 3.8) is 0 Å². The van der Waals surface area contributed by atoms with Gasteiger partial charge in [-0.25, -0.2) is 0 Å². The van der Waals surface area contributed by atoms with Crippen molar-refractivity contribution >= 4 is 17.1 Å². The highest BCUT2D eigenvalue weighted by Crippen LogP contribution is 2.35. The average Bonchev–Trinajstić information content (AvgIpc) is 2.44. The Balaban J connectivity index is 2.56. The van der Waals surface area contributed by atoms with Crippen molar-refractivity contribution < 1.29 is 5.11 Å².